The predicted octanol–water partition coefficient (Wildman–Crippen LogP) is 3.56. The van der Waals surface area contributed by atoms with Crippen molar-refractivity contribution >= 4 is 34.2 Å². The van der Waals surface area contributed by atoms with Gasteiger partial charge in [0.2, 0.25) is 0 Å². The zero-order valence-electron chi connectivity index (χ0n) is 16.5. The summed E-state index contributed by atoms with van der Waals surface area (Å²) in [6.07, 6.45) is 4.24. The lowest BCUT2D eigenvalue weighted by Crippen LogP contribution is -2.24. The fraction of sp³-hybridized carbons (Fsp3) is 0.182. The summed E-state index contributed by atoms with van der Waals surface area (Å²) in [6.45, 7) is 3.05. The summed E-state index contributed by atoms with van der Waals surface area (Å²) in [5.41, 5.74) is 5.36. The third-order valence-electron chi connectivity index (χ3n) is 5.06. The molecule has 3 N–H and O–H groups in total. The van der Waals surface area contributed by atoms with Crippen molar-refractivity contribution in [1.29, 1.82) is 0 Å². The van der Waals surface area contributed by atoms with Gasteiger partial charge in [-0.1, -0.05) is 12.1 Å². The first-order chi connectivity index (χ1) is 14.5. The number of hydrogen-bond acceptors (Lipinski definition) is 4. The number of carbonyl (C=O) groups is 1. The van der Waals surface area contributed by atoms with Gasteiger partial charge in [-0.15, -0.1) is 0 Å². The Morgan fingerprint density at radius 1 is 1.27 bits per heavy atom. The first-order valence-electron chi connectivity index (χ1n) is 9.58. The molecule has 1 aliphatic rings. The number of benzene rings is 2. The van der Waals surface area contributed by atoms with Crippen LogP contribution in [0.25, 0.3) is 0 Å². The van der Waals surface area contributed by atoms with E-state index in [4.69, 9.17) is 0 Å². The maximum Gasteiger partial charge on any atom is 0.266 e. The first kappa shape index (κ1) is 20.1. The Labute approximate surface area is 177 Å². The number of amides is 1. The Kier molecular flexibility index (Phi) is 5.78. The second-order valence-electron chi connectivity index (χ2n) is 7.09. The highest BCUT2D eigenvalue weighted by Crippen LogP contribution is 2.34. The van der Waals surface area contributed by atoms with Crippen molar-refractivity contribution in [3.8, 4) is 0 Å². The lowest BCUT2D eigenvalue weighted by atomic mass is 10.1. The second kappa shape index (κ2) is 8.64. The fourth-order valence-corrected chi connectivity index (χ4v) is 4.15. The topological polar surface area (TPSA) is 94.6 Å². The van der Waals surface area contributed by atoms with Crippen LogP contribution in [0.5, 0.6) is 0 Å². The second-order valence-corrected chi connectivity index (χ2v) is 7.92. The van der Waals surface area contributed by atoms with E-state index in [1.165, 1.54) is 4.31 Å². The van der Waals surface area contributed by atoms with E-state index < -0.39 is 11.3 Å². The highest BCUT2D eigenvalue weighted by molar-refractivity contribution is 7.81. The third kappa shape index (κ3) is 4.19. The minimum atomic E-state index is -2.29. The summed E-state index contributed by atoms with van der Waals surface area (Å²) in [6, 6.07) is 14.5. The van der Waals surface area contributed by atoms with Crippen LogP contribution in [0.2, 0.25) is 0 Å². The molecule has 0 spiro atoms. The molecule has 0 radical (unpaired) electrons. The van der Waals surface area contributed by atoms with Gasteiger partial charge in [0.05, 0.1) is 11.4 Å². The molecule has 0 saturated heterocycles. The third-order valence-corrected chi connectivity index (χ3v) is 5.78. The zero-order valence-corrected chi connectivity index (χ0v) is 17.3. The number of pyridine rings is 1. The van der Waals surface area contributed by atoms with E-state index in [0.29, 0.717) is 23.5 Å². The summed E-state index contributed by atoms with van der Waals surface area (Å²) in [5.74, 6) is -0.262. The Hall–Kier alpha value is -3.23. The lowest BCUT2D eigenvalue weighted by molar-refractivity contribution is 0.0951. The van der Waals surface area contributed by atoms with E-state index in [1.54, 1.807) is 36.7 Å². The number of fused-ring (bicyclic) bond motifs is 1. The van der Waals surface area contributed by atoms with Gasteiger partial charge in [0.1, 0.15) is 0 Å². The maximum absolute atomic E-state index is 12.7. The van der Waals surface area contributed by atoms with E-state index in [-0.39, 0.29) is 5.91 Å². The molecule has 0 saturated carbocycles. The van der Waals surface area contributed by atoms with Crippen molar-refractivity contribution in [1.82, 2.24) is 10.3 Å². The summed E-state index contributed by atoms with van der Waals surface area (Å²) < 4.78 is 23.6. The Morgan fingerprint density at radius 3 is 2.90 bits per heavy atom. The van der Waals surface area contributed by atoms with Gasteiger partial charge in [0.15, 0.2) is 0 Å². The van der Waals surface area contributed by atoms with Gasteiger partial charge in [-0.2, -0.15) is 0 Å². The van der Waals surface area contributed by atoms with Gasteiger partial charge >= 0.3 is 0 Å². The molecular weight excluding hydrogens is 400 g/mol. The smallest absolute Gasteiger partial charge is 0.266 e. The summed E-state index contributed by atoms with van der Waals surface area (Å²) in [4.78, 5) is 16.7. The molecule has 0 fully saturated rings. The Bertz CT molecular complexity index is 1100. The monoisotopic (exact) mass is 422 g/mol. The van der Waals surface area contributed by atoms with Gasteiger partial charge in [0.25, 0.3) is 17.2 Å². The molecule has 8 heteroatoms. The van der Waals surface area contributed by atoms with Crippen LogP contribution in [0.15, 0.2) is 60.9 Å². The highest BCUT2D eigenvalue weighted by atomic mass is 32.2. The molecule has 7 nitrogen and oxygen atoms in total. The minimum Gasteiger partial charge on any atom is -0.384 e. The Balaban J connectivity index is 1.62. The van der Waals surface area contributed by atoms with Crippen LogP contribution < -0.4 is 14.9 Å². The largest absolute Gasteiger partial charge is 0.384 e. The number of rotatable bonds is 6. The molecule has 3 aromatic rings. The van der Waals surface area contributed by atoms with Gasteiger partial charge in [-0.25, -0.2) is 8.51 Å². The molecule has 30 heavy (non-hydrogen) atoms. The molecule has 1 amide bonds. The number of hydrogen-bond donors (Lipinski definition) is 3. The van der Waals surface area contributed by atoms with Crippen LogP contribution in [0.1, 0.15) is 27.0 Å². The summed E-state index contributed by atoms with van der Waals surface area (Å²) >= 11 is -2.29. The maximum atomic E-state index is 12.7. The number of nitrogens with one attached hydrogen (secondary N) is 2. The van der Waals surface area contributed by atoms with E-state index in [0.717, 1.165) is 35.3 Å². The van der Waals surface area contributed by atoms with Crippen LogP contribution >= 0.6 is 0 Å². The quantitative estimate of drug-likeness (QED) is 0.528. The molecule has 2 aromatic carbocycles. The average molecular weight is 423 g/mol. The van der Waals surface area contributed by atoms with Gasteiger partial charge < -0.3 is 10.6 Å². The zero-order chi connectivity index (χ0) is 21.1. The number of carbonyl (C=O) groups excluding carboxylic acids is 1. The van der Waals surface area contributed by atoms with Crippen LogP contribution in [0.4, 0.5) is 17.1 Å². The standard InChI is InChI=1S/C22H22N4O3S/c1-15-4-5-18(22(27)25-14-16-3-2-9-23-13-16)12-21(15)26(30(28)29)19-6-7-20-17(11-19)8-10-24-20/h2-7,9,11-13,24H,8,10,14H2,1H3,(H,25,27)(H,28,29). The van der Waals surface area contributed by atoms with Crippen molar-refractivity contribution in [2.24, 2.45) is 0 Å². The molecule has 154 valence electrons. The molecule has 2 heterocycles. The SMILES string of the molecule is Cc1ccc(C(=O)NCc2cccnc2)cc1N(c1ccc2c(c1)CCN2)S(=O)O. The molecule has 0 aliphatic carbocycles. The van der Waals surface area contributed by atoms with E-state index in [2.05, 4.69) is 15.6 Å². The molecule has 0 bridgehead atoms. The van der Waals surface area contributed by atoms with E-state index in [1.807, 2.05) is 31.2 Å². The van der Waals surface area contributed by atoms with E-state index in [9.17, 15) is 13.6 Å². The summed E-state index contributed by atoms with van der Waals surface area (Å²) in [7, 11) is 0. The average Bonchev–Trinajstić information content (AvgIpc) is 3.22. The number of aromatic nitrogens is 1. The van der Waals surface area contributed by atoms with Crippen molar-refractivity contribution in [3.63, 3.8) is 0 Å². The van der Waals surface area contributed by atoms with Crippen molar-refractivity contribution in [2.45, 2.75) is 19.9 Å². The highest BCUT2D eigenvalue weighted by Gasteiger charge is 2.21. The molecule has 1 atom stereocenters. The molecule has 1 aromatic heterocycles. The van der Waals surface area contributed by atoms with Crippen molar-refractivity contribution in [2.75, 3.05) is 16.2 Å². The number of aryl methyl sites for hydroxylation is 1. The molecule has 1 unspecified atom stereocenters. The molecule has 4 rings (SSSR count). The van der Waals surface area contributed by atoms with Gasteiger partial charge in [-0.3, -0.25) is 14.3 Å². The Morgan fingerprint density at radius 2 is 2.13 bits per heavy atom. The van der Waals surface area contributed by atoms with Crippen LogP contribution in [0.3, 0.4) is 0 Å². The van der Waals surface area contributed by atoms with Gasteiger partial charge in [0, 0.05) is 36.7 Å². The fourth-order valence-electron chi connectivity index (χ4n) is 3.49. The van der Waals surface area contributed by atoms with Crippen molar-refractivity contribution in [3.05, 3.63) is 83.2 Å². The van der Waals surface area contributed by atoms with Gasteiger partial charge in [-0.05, 0) is 66.4 Å². The molecule has 1 aliphatic heterocycles. The van der Waals surface area contributed by atoms with Crippen LogP contribution in [0, 0.1) is 6.92 Å². The van der Waals surface area contributed by atoms with E-state index >= 15 is 0 Å². The number of anilines is 3. The molecular formula is C22H22N4O3S. The first-order valence-corrected chi connectivity index (χ1v) is 10.6. The van der Waals surface area contributed by atoms with Crippen LogP contribution in [-0.4, -0.2) is 26.2 Å². The van der Waals surface area contributed by atoms with Crippen LogP contribution in [-0.2, 0) is 24.2 Å². The minimum absolute atomic E-state index is 0.262. The lowest BCUT2D eigenvalue weighted by Gasteiger charge is -2.23. The summed E-state index contributed by atoms with van der Waals surface area (Å²) in [5, 5.41) is 6.14. The van der Waals surface area contributed by atoms with Crippen molar-refractivity contribution < 1.29 is 13.6 Å². The normalized spacial score (nSPS) is 13.3. The predicted molar refractivity (Wildman–Crippen MR) is 118 cm³/mol. The number of nitrogens with zero attached hydrogens (tertiary/aromatic N) is 2.